The van der Waals surface area contributed by atoms with Crippen molar-refractivity contribution in [2.24, 2.45) is 0 Å². The Labute approximate surface area is 214 Å². The fraction of sp³-hybridized carbons (Fsp3) is 0.0870. The van der Waals surface area contributed by atoms with Gasteiger partial charge in [0.05, 0.1) is 30.5 Å². The number of aromatic nitrogens is 3. The van der Waals surface area contributed by atoms with Crippen molar-refractivity contribution in [3.05, 3.63) is 81.0 Å². The molecule has 0 bridgehead atoms. The van der Waals surface area contributed by atoms with Gasteiger partial charge in [-0.25, -0.2) is 19.3 Å². The van der Waals surface area contributed by atoms with E-state index in [0.29, 0.717) is 34.3 Å². The summed E-state index contributed by atoms with van der Waals surface area (Å²) in [5.74, 6) is 0.320. The summed E-state index contributed by atoms with van der Waals surface area (Å²) in [4.78, 5) is 23.3. The van der Waals surface area contributed by atoms with Crippen LogP contribution in [0.3, 0.4) is 0 Å². The van der Waals surface area contributed by atoms with Crippen molar-refractivity contribution in [2.45, 2.75) is 0 Å². The van der Waals surface area contributed by atoms with Crippen molar-refractivity contribution in [3.63, 3.8) is 0 Å². The standard InChI is InChI=1S/C23H17Cl2FN6O4/c1-35-16-10-17(36-2)20(25)22(19(16)24)31-23-12(5-4-8-27-23)14-9-18(29-11-28-14)30-21-13(26)6-3-7-15(21)32(33)34/h3-11H,1-2H3,(H,27,31)(H,28,29,30). The zero-order valence-electron chi connectivity index (χ0n) is 18.8. The van der Waals surface area contributed by atoms with Gasteiger partial charge in [0.15, 0.2) is 11.5 Å². The molecule has 0 aliphatic heterocycles. The van der Waals surface area contributed by atoms with Gasteiger partial charge in [-0.1, -0.05) is 29.3 Å². The maximum Gasteiger partial charge on any atom is 0.295 e. The smallest absolute Gasteiger partial charge is 0.295 e. The molecule has 0 unspecified atom stereocenters. The van der Waals surface area contributed by atoms with E-state index in [4.69, 9.17) is 32.7 Å². The minimum Gasteiger partial charge on any atom is -0.495 e. The van der Waals surface area contributed by atoms with E-state index in [2.05, 4.69) is 25.6 Å². The lowest BCUT2D eigenvalue weighted by Crippen LogP contribution is -2.03. The molecule has 13 heteroatoms. The third-order valence-corrected chi connectivity index (χ3v) is 5.76. The second-order valence-electron chi connectivity index (χ2n) is 7.11. The van der Waals surface area contributed by atoms with E-state index < -0.39 is 16.4 Å². The number of hydrogen-bond acceptors (Lipinski definition) is 9. The largest absolute Gasteiger partial charge is 0.495 e. The minimum absolute atomic E-state index is 0.127. The normalized spacial score (nSPS) is 10.6. The van der Waals surface area contributed by atoms with E-state index >= 15 is 0 Å². The monoisotopic (exact) mass is 530 g/mol. The highest BCUT2D eigenvalue weighted by Crippen LogP contribution is 2.45. The number of anilines is 4. The number of nitro groups is 1. The molecule has 4 rings (SSSR count). The van der Waals surface area contributed by atoms with E-state index in [0.717, 1.165) is 6.07 Å². The molecule has 2 heterocycles. The van der Waals surface area contributed by atoms with Crippen molar-refractivity contribution >= 4 is 51.9 Å². The lowest BCUT2D eigenvalue weighted by molar-refractivity contribution is -0.384. The SMILES string of the molecule is COc1cc(OC)c(Cl)c(Nc2ncccc2-c2cc(Nc3c(F)cccc3[N+](=O)[O-])ncn2)c1Cl. The first kappa shape index (κ1) is 24.9. The zero-order valence-corrected chi connectivity index (χ0v) is 20.3. The second-order valence-corrected chi connectivity index (χ2v) is 7.87. The molecule has 2 N–H and O–H groups in total. The Hall–Kier alpha value is -4.22. The predicted molar refractivity (Wildman–Crippen MR) is 134 cm³/mol. The Kier molecular flexibility index (Phi) is 7.32. The highest BCUT2D eigenvalue weighted by atomic mass is 35.5. The lowest BCUT2D eigenvalue weighted by Gasteiger charge is -2.17. The van der Waals surface area contributed by atoms with Gasteiger partial charge in [-0.15, -0.1) is 0 Å². The minimum atomic E-state index is -0.802. The molecule has 2 aromatic carbocycles. The first-order valence-electron chi connectivity index (χ1n) is 10.2. The quantitative estimate of drug-likeness (QED) is 0.196. The molecule has 184 valence electrons. The van der Waals surface area contributed by atoms with Crippen molar-refractivity contribution in [1.29, 1.82) is 0 Å². The molecule has 10 nitrogen and oxygen atoms in total. The van der Waals surface area contributed by atoms with Crippen molar-refractivity contribution in [3.8, 4) is 22.8 Å². The highest BCUT2D eigenvalue weighted by Gasteiger charge is 2.21. The summed E-state index contributed by atoms with van der Waals surface area (Å²) in [5.41, 5.74) is 0.432. The summed E-state index contributed by atoms with van der Waals surface area (Å²) in [6.07, 6.45) is 2.78. The molecule has 0 aliphatic rings. The molecule has 0 radical (unpaired) electrons. The first-order valence-corrected chi connectivity index (χ1v) is 10.9. The van der Waals surface area contributed by atoms with Gasteiger partial charge in [-0.05, 0) is 18.2 Å². The molecule has 0 spiro atoms. The van der Waals surface area contributed by atoms with E-state index in [1.165, 1.54) is 38.7 Å². The Bertz CT molecular complexity index is 1430. The number of para-hydroxylation sites is 1. The fourth-order valence-corrected chi connectivity index (χ4v) is 3.91. The Morgan fingerprint density at radius 3 is 2.33 bits per heavy atom. The van der Waals surface area contributed by atoms with E-state index in [1.807, 2.05) is 0 Å². The summed E-state index contributed by atoms with van der Waals surface area (Å²) in [5, 5.41) is 17.5. The number of nitro benzene ring substituents is 1. The van der Waals surface area contributed by atoms with Crippen LogP contribution in [0, 0.1) is 15.9 Å². The maximum atomic E-state index is 14.3. The van der Waals surface area contributed by atoms with Crippen molar-refractivity contribution in [2.75, 3.05) is 24.9 Å². The number of methoxy groups -OCH3 is 2. The Morgan fingerprint density at radius 2 is 1.67 bits per heavy atom. The number of halogens is 3. The number of nitrogens with one attached hydrogen (secondary N) is 2. The average molecular weight is 531 g/mol. The lowest BCUT2D eigenvalue weighted by atomic mass is 10.1. The van der Waals surface area contributed by atoms with Gasteiger partial charge in [0.25, 0.3) is 5.69 Å². The summed E-state index contributed by atoms with van der Waals surface area (Å²) >= 11 is 13.0. The molecule has 0 amide bonds. The summed E-state index contributed by atoms with van der Waals surface area (Å²) in [7, 11) is 2.92. The van der Waals surface area contributed by atoms with Gasteiger partial charge in [-0.3, -0.25) is 10.1 Å². The van der Waals surface area contributed by atoms with Crippen LogP contribution in [0.15, 0.2) is 55.0 Å². The fourth-order valence-electron chi connectivity index (χ4n) is 3.32. The molecular weight excluding hydrogens is 514 g/mol. The van der Waals surface area contributed by atoms with Crippen LogP contribution in [0.1, 0.15) is 0 Å². The second kappa shape index (κ2) is 10.6. The summed E-state index contributed by atoms with van der Waals surface area (Å²) in [6.45, 7) is 0. The van der Waals surface area contributed by atoms with Crippen molar-refractivity contribution in [1.82, 2.24) is 15.0 Å². The molecule has 36 heavy (non-hydrogen) atoms. The Balaban J connectivity index is 1.74. The Morgan fingerprint density at radius 1 is 0.944 bits per heavy atom. The van der Waals surface area contributed by atoms with Gasteiger partial charge in [0, 0.05) is 30.0 Å². The number of ether oxygens (including phenoxy) is 2. The van der Waals surface area contributed by atoms with Crippen LogP contribution in [0.2, 0.25) is 10.0 Å². The van der Waals surface area contributed by atoms with E-state index in [9.17, 15) is 14.5 Å². The molecule has 0 fully saturated rings. The van der Waals surface area contributed by atoms with Crippen LogP contribution in [-0.4, -0.2) is 34.1 Å². The van der Waals surface area contributed by atoms with Gasteiger partial charge < -0.3 is 20.1 Å². The van der Waals surface area contributed by atoms with Gasteiger partial charge >= 0.3 is 0 Å². The summed E-state index contributed by atoms with van der Waals surface area (Å²) in [6, 6.07) is 10.0. The van der Waals surface area contributed by atoms with Crippen LogP contribution in [-0.2, 0) is 0 Å². The average Bonchev–Trinajstić information content (AvgIpc) is 2.88. The number of hydrogen-bond donors (Lipinski definition) is 2. The van der Waals surface area contributed by atoms with Gasteiger partial charge in [0.2, 0.25) is 0 Å². The predicted octanol–water partition coefficient (Wildman–Crippen LogP) is 6.40. The number of nitrogens with zero attached hydrogens (tertiary/aromatic N) is 4. The number of pyridine rings is 1. The molecule has 2 aromatic heterocycles. The third kappa shape index (κ3) is 4.92. The first-order chi connectivity index (χ1) is 17.3. The van der Waals surface area contributed by atoms with Crippen LogP contribution in [0.25, 0.3) is 11.3 Å². The van der Waals surface area contributed by atoms with E-state index in [-0.39, 0.29) is 21.6 Å². The van der Waals surface area contributed by atoms with Gasteiger partial charge in [0.1, 0.15) is 39.5 Å². The number of benzene rings is 2. The van der Waals surface area contributed by atoms with Gasteiger partial charge in [-0.2, -0.15) is 0 Å². The third-order valence-electron chi connectivity index (χ3n) is 5.01. The van der Waals surface area contributed by atoms with Crippen LogP contribution >= 0.6 is 23.2 Å². The maximum absolute atomic E-state index is 14.3. The van der Waals surface area contributed by atoms with Crippen LogP contribution in [0.5, 0.6) is 11.5 Å². The summed E-state index contributed by atoms with van der Waals surface area (Å²) < 4.78 is 25.0. The molecular formula is C23H17Cl2FN6O4. The van der Waals surface area contributed by atoms with E-state index in [1.54, 1.807) is 24.4 Å². The number of rotatable bonds is 8. The molecule has 0 saturated carbocycles. The highest BCUT2D eigenvalue weighted by molar-refractivity contribution is 6.41. The van der Waals surface area contributed by atoms with Crippen LogP contribution < -0.4 is 20.1 Å². The molecule has 4 aromatic rings. The molecule has 0 atom stereocenters. The topological polar surface area (TPSA) is 124 Å². The molecule has 0 saturated heterocycles. The molecule has 0 aliphatic carbocycles. The zero-order chi connectivity index (χ0) is 25.8. The van der Waals surface area contributed by atoms with Crippen molar-refractivity contribution < 1.29 is 18.8 Å². The van der Waals surface area contributed by atoms with Crippen LogP contribution in [0.4, 0.5) is 33.1 Å².